The van der Waals surface area contributed by atoms with Crippen LogP contribution in [0.4, 0.5) is 5.69 Å². The number of hydrogen-bond acceptors (Lipinski definition) is 5. The monoisotopic (exact) mass is 268 g/mol. The van der Waals surface area contributed by atoms with Gasteiger partial charge in [-0.15, -0.1) is 0 Å². The minimum Gasteiger partial charge on any atom is -0.446 e. The maximum atomic E-state index is 11.3. The van der Waals surface area contributed by atoms with Crippen LogP contribution in [-0.4, -0.2) is 4.92 Å². The lowest BCUT2D eigenvalue weighted by molar-refractivity contribution is -0.384. The van der Waals surface area contributed by atoms with E-state index in [-0.39, 0.29) is 22.6 Å². The summed E-state index contributed by atoms with van der Waals surface area (Å²) < 4.78 is 5.13. The number of non-ortho nitro benzene ring substituents is 1. The number of benzene rings is 1. The molecule has 0 aliphatic carbocycles. The quantitative estimate of drug-likeness (QED) is 0.629. The van der Waals surface area contributed by atoms with Gasteiger partial charge in [-0.05, 0) is 11.6 Å². The Balaban J connectivity index is 2.32. The maximum absolute atomic E-state index is 11.3. The van der Waals surface area contributed by atoms with Gasteiger partial charge in [0, 0.05) is 24.3 Å². The number of nitro benzene ring substituents is 1. The van der Waals surface area contributed by atoms with Crippen LogP contribution in [0.5, 0.6) is 0 Å². The van der Waals surface area contributed by atoms with Crippen molar-refractivity contribution in [2.75, 3.05) is 0 Å². The molecular weight excluding hydrogens is 260 g/mol. The van der Waals surface area contributed by atoms with Gasteiger partial charge in [0.05, 0.1) is 4.92 Å². The van der Waals surface area contributed by atoms with Crippen LogP contribution in [0.2, 0.25) is 0 Å². The molecule has 0 atom stereocenters. The van der Waals surface area contributed by atoms with Crippen molar-refractivity contribution in [2.45, 2.75) is 0 Å². The molecule has 0 aliphatic rings. The van der Waals surface area contributed by atoms with Crippen LogP contribution in [0, 0.1) is 21.4 Å². The molecule has 1 heterocycles. The third-order valence-corrected chi connectivity index (χ3v) is 2.42. The second-order valence-electron chi connectivity index (χ2n) is 3.86. The molecule has 0 unspecified atom stereocenters. The summed E-state index contributed by atoms with van der Waals surface area (Å²) in [6.07, 6.45) is 3.04. The first kappa shape index (κ1) is 13.2. The van der Waals surface area contributed by atoms with E-state index in [0.717, 1.165) is 6.07 Å². The van der Waals surface area contributed by atoms with Gasteiger partial charge in [-0.1, -0.05) is 18.2 Å². The fourth-order valence-corrected chi connectivity index (χ4v) is 1.55. The smallest absolute Gasteiger partial charge is 0.270 e. The van der Waals surface area contributed by atoms with E-state index in [2.05, 4.69) is 0 Å². The van der Waals surface area contributed by atoms with Crippen molar-refractivity contribution in [1.29, 1.82) is 5.26 Å². The van der Waals surface area contributed by atoms with Crippen LogP contribution in [0.1, 0.15) is 17.1 Å². The second kappa shape index (κ2) is 5.63. The van der Waals surface area contributed by atoms with Crippen LogP contribution in [0.15, 0.2) is 45.6 Å². The summed E-state index contributed by atoms with van der Waals surface area (Å²) in [4.78, 5) is 21.4. The average Bonchev–Trinajstić information content (AvgIpc) is 2.44. The summed E-state index contributed by atoms with van der Waals surface area (Å²) in [5.74, 6) is 0.122. The summed E-state index contributed by atoms with van der Waals surface area (Å²) in [6.45, 7) is 0. The van der Waals surface area contributed by atoms with Crippen molar-refractivity contribution in [3.05, 3.63) is 73.8 Å². The Morgan fingerprint density at radius 2 is 2.05 bits per heavy atom. The SMILES string of the molecule is N#Cc1cc(=O)cc(/C=C/c2cccc([N+](=O)[O-])c2)o1. The van der Waals surface area contributed by atoms with Crippen molar-refractivity contribution < 1.29 is 9.34 Å². The molecule has 0 radical (unpaired) electrons. The fraction of sp³-hybridized carbons (Fsp3) is 0. The average molecular weight is 268 g/mol. The first-order valence-corrected chi connectivity index (χ1v) is 5.56. The summed E-state index contributed by atoms with van der Waals surface area (Å²) >= 11 is 0. The first-order valence-electron chi connectivity index (χ1n) is 5.56. The Bertz CT molecular complexity index is 784. The van der Waals surface area contributed by atoms with E-state index in [1.165, 1.54) is 24.3 Å². The number of nitrogens with zero attached hydrogens (tertiary/aromatic N) is 2. The van der Waals surface area contributed by atoms with E-state index in [9.17, 15) is 14.9 Å². The van der Waals surface area contributed by atoms with Crippen LogP contribution in [0.25, 0.3) is 12.2 Å². The molecule has 2 aromatic rings. The molecule has 0 amide bonds. The lowest BCUT2D eigenvalue weighted by Gasteiger charge is -1.95. The van der Waals surface area contributed by atoms with Crippen molar-refractivity contribution in [3.8, 4) is 6.07 Å². The molecular formula is C14H8N2O4. The van der Waals surface area contributed by atoms with Gasteiger partial charge in [0.15, 0.2) is 5.43 Å². The molecule has 0 N–H and O–H groups in total. The predicted molar refractivity (Wildman–Crippen MR) is 71.7 cm³/mol. The van der Waals surface area contributed by atoms with E-state index in [1.54, 1.807) is 24.3 Å². The van der Waals surface area contributed by atoms with Gasteiger partial charge >= 0.3 is 0 Å². The van der Waals surface area contributed by atoms with Crippen molar-refractivity contribution >= 4 is 17.8 Å². The molecule has 98 valence electrons. The Hall–Kier alpha value is -3.20. The normalized spacial score (nSPS) is 10.3. The highest BCUT2D eigenvalue weighted by Crippen LogP contribution is 2.15. The largest absolute Gasteiger partial charge is 0.446 e. The number of hydrogen-bond donors (Lipinski definition) is 0. The maximum Gasteiger partial charge on any atom is 0.270 e. The number of nitro groups is 1. The Morgan fingerprint density at radius 3 is 2.75 bits per heavy atom. The van der Waals surface area contributed by atoms with E-state index in [1.807, 2.05) is 0 Å². The predicted octanol–water partition coefficient (Wildman–Crippen LogP) is 2.59. The summed E-state index contributed by atoms with van der Waals surface area (Å²) in [7, 11) is 0. The lowest BCUT2D eigenvalue weighted by Crippen LogP contribution is -1.98. The molecule has 0 fully saturated rings. The van der Waals surface area contributed by atoms with Gasteiger partial charge in [-0.25, -0.2) is 0 Å². The molecule has 1 aromatic heterocycles. The van der Waals surface area contributed by atoms with E-state index >= 15 is 0 Å². The minimum absolute atomic E-state index is 0.0284. The van der Waals surface area contributed by atoms with Crippen LogP contribution < -0.4 is 5.43 Å². The van der Waals surface area contributed by atoms with Crippen molar-refractivity contribution in [3.63, 3.8) is 0 Å². The third kappa shape index (κ3) is 3.17. The van der Waals surface area contributed by atoms with Gasteiger partial charge in [0.2, 0.25) is 5.76 Å². The van der Waals surface area contributed by atoms with Gasteiger partial charge in [-0.3, -0.25) is 14.9 Å². The van der Waals surface area contributed by atoms with Gasteiger partial charge in [-0.2, -0.15) is 5.26 Å². The Kier molecular flexibility index (Phi) is 3.72. The highest BCUT2D eigenvalue weighted by Gasteiger charge is 2.04. The van der Waals surface area contributed by atoms with E-state index < -0.39 is 4.92 Å². The lowest BCUT2D eigenvalue weighted by atomic mass is 10.2. The molecule has 1 aromatic carbocycles. The zero-order valence-electron chi connectivity index (χ0n) is 10.1. The molecule has 0 saturated heterocycles. The molecule has 0 aliphatic heterocycles. The van der Waals surface area contributed by atoms with Crippen LogP contribution in [-0.2, 0) is 0 Å². The molecule has 2 rings (SSSR count). The van der Waals surface area contributed by atoms with E-state index in [0.29, 0.717) is 5.56 Å². The highest BCUT2D eigenvalue weighted by molar-refractivity contribution is 5.68. The topological polar surface area (TPSA) is 97.1 Å². The third-order valence-electron chi connectivity index (χ3n) is 2.42. The first-order chi connectivity index (χ1) is 9.58. The second-order valence-corrected chi connectivity index (χ2v) is 3.86. The van der Waals surface area contributed by atoms with Crippen LogP contribution in [0.3, 0.4) is 0 Å². The van der Waals surface area contributed by atoms with Gasteiger partial charge < -0.3 is 4.42 Å². The molecule has 6 nitrogen and oxygen atoms in total. The van der Waals surface area contributed by atoms with Crippen molar-refractivity contribution in [2.24, 2.45) is 0 Å². The van der Waals surface area contributed by atoms with Gasteiger partial charge in [0.25, 0.3) is 5.69 Å². The standard InChI is InChI=1S/C14H8N2O4/c15-9-14-8-12(17)7-13(20-14)5-4-10-2-1-3-11(6-10)16(18)19/h1-8H/b5-4+. The van der Waals surface area contributed by atoms with E-state index in [4.69, 9.17) is 9.68 Å². The van der Waals surface area contributed by atoms with Gasteiger partial charge in [0.1, 0.15) is 11.8 Å². The Labute approximate surface area is 113 Å². The number of nitriles is 1. The molecule has 0 bridgehead atoms. The zero-order valence-corrected chi connectivity index (χ0v) is 10.1. The molecule has 6 heteroatoms. The fourth-order valence-electron chi connectivity index (χ4n) is 1.55. The molecule has 0 spiro atoms. The zero-order chi connectivity index (χ0) is 14.5. The Morgan fingerprint density at radius 1 is 1.25 bits per heavy atom. The summed E-state index contributed by atoms with van der Waals surface area (Å²) in [5, 5.41) is 19.3. The van der Waals surface area contributed by atoms with Crippen molar-refractivity contribution in [1.82, 2.24) is 0 Å². The minimum atomic E-state index is -0.492. The highest BCUT2D eigenvalue weighted by atomic mass is 16.6. The summed E-state index contributed by atoms with van der Waals surface area (Å²) in [6, 6.07) is 10.1. The number of rotatable bonds is 3. The summed E-state index contributed by atoms with van der Waals surface area (Å²) in [5.41, 5.74) is 0.218. The molecule has 20 heavy (non-hydrogen) atoms. The van der Waals surface area contributed by atoms with Crippen LogP contribution >= 0.6 is 0 Å². The molecule has 0 saturated carbocycles.